The van der Waals surface area contributed by atoms with E-state index < -0.39 is 0 Å². The van der Waals surface area contributed by atoms with Crippen LogP contribution in [0.1, 0.15) is 12.5 Å². The van der Waals surface area contributed by atoms with Gasteiger partial charge in [-0.25, -0.2) is 0 Å². The lowest BCUT2D eigenvalue weighted by molar-refractivity contribution is -0.131. The van der Waals surface area contributed by atoms with Crippen molar-refractivity contribution in [1.29, 1.82) is 0 Å². The summed E-state index contributed by atoms with van der Waals surface area (Å²) in [4.78, 5) is 15.1. The molecule has 0 aromatic heterocycles. The van der Waals surface area contributed by atoms with Crippen LogP contribution in [0.25, 0.3) is 0 Å². The summed E-state index contributed by atoms with van der Waals surface area (Å²) in [7, 11) is 0. The first-order chi connectivity index (χ1) is 9.95. The van der Waals surface area contributed by atoms with Gasteiger partial charge < -0.3 is 10.5 Å². The molecule has 0 saturated heterocycles. The lowest BCUT2D eigenvalue weighted by atomic mass is 10.2. The second kappa shape index (κ2) is 6.74. The number of rotatable bonds is 3. The molecule has 21 heavy (non-hydrogen) atoms. The lowest BCUT2D eigenvalue weighted by Crippen LogP contribution is -2.00. The number of ether oxygens (including phenoxy) is 1. The van der Waals surface area contributed by atoms with E-state index in [1.54, 1.807) is 36.5 Å². The number of esters is 1. The quantitative estimate of drug-likeness (QED) is 0.379. The van der Waals surface area contributed by atoms with Gasteiger partial charge in [0.05, 0.1) is 16.4 Å². The van der Waals surface area contributed by atoms with Crippen molar-refractivity contribution >= 4 is 51.1 Å². The Balaban J connectivity index is 2.20. The summed E-state index contributed by atoms with van der Waals surface area (Å²) in [6, 6.07) is 10.4. The number of halogens is 2. The second-order valence-electron chi connectivity index (χ2n) is 4.24. The number of hydrogen-bond acceptors (Lipinski definition) is 4. The lowest BCUT2D eigenvalue weighted by Gasteiger charge is -2.04. The van der Waals surface area contributed by atoms with Gasteiger partial charge >= 0.3 is 5.97 Å². The molecule has 0 spiro atoms. The minimum absolute atomic E-state index is 0.359. The standard InChI is InChI=1S/C15H12BrClN2O2/c1-9(20)21-13-4-2-12(3-5-13)19-8-10-6-11(16)7-14(17)15(10)18/h2-8H,18H2,1H3. The third kappa shape index (κ3) is 4.31. The van der Waals surface area contributed by atoms with Gasteiger partial charge in [-0.15, -0.1) is 0 Å². The predicted molar refractivity (Wildman–Crippen MR) is 88.6 cm³/mol. The maximum atomic E-state index is 10.8. The van der Waals surface area contributed by atoms with E-state index >= 15 is 0 Å². The van der Waals surface area contributed by atoms with Crippen molar-refractivity contribution < 1.29 is 9.53 Å². The molecular formula is C15H12BrClN2O2. The summed E-state index contributed by atoms with van der Waals surface area (Å²) < 4.78 is 5.78. The van der Waals surface area contributed by atoms with E-state index in [-0.39, 0.29) is 5.97 Å². The van der Waals surface area contributed by atoms with Crippen LogP contribution in [-0.4, -0.2) is 12.2 Å². The first kappa shape index (κ1) is 15.5. The van der Waals surface area contributed by atoms with E-state index in [0.717, 1.165) is 10.0 Å². The van der Waals surface area contributed by atoms with Crippen LogP contribution in [0.3, 0.4) is 0 Å². The summed E-state index contributed by atoms with van der Waals surface area (Å²) in [6.45, 7) is 1.35. The zero-order valence-corrected chi connectivity index (χ0v) is 13.5. The van der Waals surface area contributed by atoms with Crippen LogP contribution >= 0.6 is 27.5 Å². The first-order valence-electron chi connectivity index (χ1n) is 6.03. The zero-order valence-electron chi connectivity index (χ0n) is 11.1. The van der Waals surface area contributed by atoms with Crippen molar-refractivity contribution in [3.8, 4) is 5.75 Å². The van der Waals surface area contributed by atoms with Crippen LogP contribution < -0.4 is 10.5 Å². The number of nitrogens with zero attached hydrogens (tertiary/aromatic N) is 1. The van der Waals surface area contributed by atoms with Gasteiger partial charge in [0.2, 0.25) is 0 Å². The Morgan fingerprint density at radius 1 is 1.33 bits per heavy atom. The van der Waals surface area contributed by atoms with Crippen LogP contribution in [0.4, 0.5) is 11.4 Å². The number of carbonyl (C=O) groups is 1. The third-order valence-electron chi connectivity index (χ3n) is 2.58. The van der Waals surface area contributed by atoms with E-state index in [4.69, 9.17) is 22.1 Å². The Bertz CT molecular complexity index is 700. The SMILES string of the molecule is CC(=O)Oc1ccc(N=Cc2cc(Br)cc(Cl)c2N)cc1. The molecule has 0 atom stereocenters. The molecule has 0 saturated carbocycles. The molecule has 0 aliphatic carbocycles. The molecule has 6 heteroatoms. The van der Waals surface area contributed by atoms with Crippen molar-refractivity contribution in [2.45, 2.75) is 6.92 Å². The highest BCUT2D eigenvalue weighted by atomic mass is 79.9. The minimum atomic E-state index is -0.359. The van der Waals surface area contributed by atoms with Crippen molar-refractivity contribution in [2.75, 3.05) is 5.73 Å². The molecule has 0 radical (unpaired) electrons. The maximum absolute atomic E-state index is 10.8. The van der Waals surface area contributed by atoms with Gasteiger partial charge in [-0.3, -0.25) is 9.79 Å². The van der Waals surface area contributed by atoms with Crippen LogP contribution in [0, 0.1) is 0 Å². The number of nitrogens with two attached hydrogens (primary N) is 1. The smallest absolute Gasteiger partial charge is 0.308 e. The van der Waals surface area contributed by atoms with Crippen molar-refractivity contribution in [3.05, 3.63) is 51.5 Å². The number of carbonyl (C=O) groups excluding carboxylic acids is 1. The molecule has 0 heterocycles. The zero-order chi connectivity index (χ0) is 15.4. The first-order valence-corrected chi connectivity index (χ1v) is 7.20. The van der Waals surface area contributed by atoms with Crippen molar-refractivity contribution in [1.82, 2.24) is 0 Å². The molecule has 2 aromatic carbocycles. The van der Waals surface area contributed by atoms with Crippen molar-refractivity contribution in [3.63, 3.8) is 0 Å². The average Bonchev–Trinajstić information content (AvgIpc) is 2.42. The Morgan fingerprint density at radius 3 is 2.62 bits per heavy atom. The Kier molecular flexibility index (Phi) is 4.98. The van der Waals surface area contributed by atoms with E-state index in [0.29, 0.717) is 22.1 Å². The fourth-order valence-corrected chi connectivity index (χ4v) is 2.46. The Morgan fingerprint density at radius 2 is 2.00 bits per heavy atom. The molecule has 4 nitrogen and oxygen atoms in total. The summed E-state index contributed by atoms with van der Waals surface area (Å²) in [5, 5.41) is 0.469. The van der Waals surface area contributed by atoms with Crippen LogP contribution in [0.5, 0.6) is 5.75 Å². The van der Waals surface area contributed by atoms with E-state index in [1.807, 2.05) is 6.07 Å². The molecule has 2 N–H and O–H groups in total. The number of hydrogen-bond donors (Lipinski definition) is 1. The third-order valence-corrected chi connectivity index (χ3v) is 3.35. The fraction of sp³-hybridized carbons (Fsp3) is 0.0667. The molecule has 108 valence electrons. The number of anilines is 1. The Hall–Kier alpha value is -1.85. The molecule has 2 aromatic rings. The highest BCUT2D eigenvalue weighted by molar-refractivity contribution is 9.10. The highest BCUT2D eigenvalue weighted by Gasteiger charge is 2.04. The summed E-state index contributed by atoms with van der Waals surface area (Å²) in [5.41, 5.74) is 7.80. The van der Waals surface area contributed by atoms with Gasteiger partial charge in [0.25, 0.3) is 0 Å². The van der Waals surface area contributed by atoms with Gasteiger partial charge in [-0.2, -0.15) is 0 Å². The normalized spacial score (nSPS) is 10.8. The molecule has 0 aliphatic rings. The van der Waals surface area contributed by atoms with Crippen molar-refractivity contribution in [2.24, 2.45) is 4.99 Å². The van der Waals surface area contributed by atoms with Gasteiger partial charge in [0.15, 0.2) is 0 Å². The number of nitrogen functional groups attached to an aromatic ring is 1. The summed E-state index contributed by atoms with van der Waals surface area (Å²) >= 11 is 9.36. The Labute approximate surface area is 135 Å². The summed E-state index contributed by atoms with van der Waals surface area (Å²) in [5.74, 6) is 0.120. The molecular weight excluding hydrogens is 356 g/mol. The summed E-state index contributed by atoms with van der Waals surface area (Å²) in [6.07, 6.45) is 1.63. The predicted octanol–water partition coefficient (Wildman–Crippen LogP) is 4.36. The van der Waals surface area contributed by atoms with Crippen LogP contribution in [0.15, 0.2) is 45.9 Å². The molecule has 0 bridgehead atoms. The molecule has 0 aliphatic heterocycles. The molecule has 0 unspecified atom stereocenters. The topological polar surface area (TPSA) is 64.7 Å². The van der Waals surface area contributed by atoms with Crippen LogP contribution in [-0.2, 0) is 4.79 Å². The number of benzene rings is 2. The van der Waals surface area contributed by atoms with Gasteiger partial charge in [-0.05, 0) is 36.4 Å². The molecule has 0 fully saturated rings. The second-order valence-corrected chi connectivity index (χ2v) is 5.56. The fourth-order valence-electron chi connectivity index (χ4n) is 1.62. The molecule has 0 amide bonds. The van der Waals surface area contributed by atoms with E-state index in [2.05, 4.69) is 20.9 Å². The van der Waals surface area contributed by atoms with Gasteiger partial charge in [0, 0.05) is 23.2 Å². The van der Waals surface area contributed by atoms with Crippen LogP contribution in [0.2, 0.25) is 5.02 Å². The number of aliphatic imine (C=N–C) groups is 1. The average molecular weight is 368 g/mol. The van der Waals surface area contributed by atoms with E-state index in [1.165, 1.54) is 6.92 Å². The molecule has 2 rings (SSSR count). The van der Waals surface area contributed by atoms with Gasteiger partial charge in [0.1, 0.15) is 5.75 Å². The highest BCUT2D eigenvalue weighted by Crippen LogP contribution is 2.27. The van der Waals surface area contributed by atoms with E-state index in [9.17, 15) is 4.79 Å². The maximum Gasteiger partial charge on any atom is 0.308 e. The van der Waals surface area contributed by atoms with Gasteiger partial charge in [-0.1, -0.05) is 27.5 Å². The minimum Gasteiger partial charge on any atom is -0.427 e. The monoisotopic (exact) mass is 366 g/mol. The largest absolute Gasteiger partial charge is 0.427 e.